The van der Waals surface area contributed by atoms with Crippen molar-refractivity contribution in [3.8, 4) is 16.9 Å². The Morgan fingerprint density at radius 1 is 1.03 bits per heavy atom. The average Bonchev–Trinajstić information content (AvgIpc) is 2.74. The first-order valence-electron chi connectivity index (χ1n) is 8.81. The fourth-order valence-corrected chi connectivity index (χ4v) is 3.21. The van der Waals surface area contributed by atoms with Crippen molar-refractivity contribution < 1.29 is 39.4 Å². The molecule has 3 rings (SSSR count). The number of hydrogen-bond acceptors (Lipinski definition) is 8. The third kappa shape index (κ3) is 4.53. The third-order valence-electron chi connectivity index (χ3n) is 4.66. The SMILES string of the molecule is COC(=O)c1ccc(-c2ccc(OC3OC(CO)C(O)C(O)C3O)c(Cl)c2)cc1. The van der Waals surface area contributed by atoms with Crippen molar-refractivity contribution in [2.45, 2.75) is 30.7 Å². The molecule has 5 atom stereocenters. The van der Waals surface area contributed by atoms with Gasteiger partial charge in [-0.3, -0.25) is 0 Å². The lowest BCUT2D eigenvalue weighted by Gasteiger charge is -2.39. The van der Waals surface area contributed by atoms with E-state index in [-0.39, 0.29) is 10.8 Å². The molecule has 29 heavy (non-hydrogen) atoms. The quantitative estimate of drug-likeness (QED) is 0.523. The minimum Gasteiger partial charge on any atom is -0.465 e. The highest BCUT2D eigenvalue weighted by molar-refractivity contribution is 6.32. The van der Waals surface area contributed by atoms with Gasteiger partial charge in [0.1, 0.15) is 30.2 Å². The topological polar surface area (TPSA) is 126 Å². The Morgan fingerprint density at radius 2 is 1.69 bits per heavy atom. The van der Waals surface area contributed by atoms with Gasteiger partial charge in [0.2, 0.25) is 6.29 Å². The van der Waals surface area contributed by atoms with Gasteiger partial charge in [-0.2, -0.15) is 0 Å². The van der Waals surface area contributed by atoms with E-state index in [0.717, 1.165) is 11.1 Å². The predicted molar refractivity (Wildman–Crippen MR) is 103 cm³/mol. The molecule has 8 nitrogen and oxygen atoms in total. The summed E-state index contributed by atoms with van der Waals surface area (Å²) in [6, 6.07) is 11.7. The molecule has 1 fully saturated rings. The van der Waals surface area contributed by atoms with Gasteiger partial charge in [0.15, 0.2) is 0 Å². The first-order chi connectivity index (χ1) is 13.8. The molecule has 0 aliphatic carbocycles. The Bertz CT molecular complexity index is 854. The molecule has 2 aromatic rings. The second kappa shape index (κ2) is 9.08. The summed E-state index contributed by atoms with van der Waals surface area (Å²) in [5.41, 5.74) is 1.98. The second-order valence-corrected chi connectivity index (χ2v) is 6.94. The van der Waals surface area contributed by atoms with Crippen LogP contribution in [0.5, 0.6) is 5.75 Å². The molecule has 1 aliphatic rings. The molecular formula is C20H21ClO8. The fraction of sp³-hybridized carbons (Fsp3) is 0.350. The van der Waals surface area contributed by atoms with E-state index in [2.05, 4.69) is 4.74 Å². The minimum absolute atomic E-state index is 0.186. The number of rotatable bonds is 5. The number of methoxy groups -OCH3 is 1. The van der Waals surface area contributed by atoms with Crippen LogP contribution < -0.4 is 4.74 Å². The lowest BCUT2D eigenvalue weighted by Crippen LogP contribution is -2.60. The van der Waals surface area contributed by atoms with Crippen molar-refractivity contribution in [1.82, 2.24) is 0 Å². The normalized spacial score (nSPS) is 26.8. The second-order valence-electron chi connectivity index (χ2n) is 6.53. The molecule has 0 spiro atoms. The maximum atomic E-state index is 11.5. The summed E-state index contributed by atoms with van der Waals surface area (Å²) < 4.78 is 15.5. The van der Waals surface area contributed by atoms with Gasteiger partial charge in [-0.05, 0) is 35.4 Å². The van der Waals surface area contributed by atoms with Gasteiger partial charge in [0.25, 0.3) is 0 Å². The number of hydrogen-bond donors (Lipinski definition) is 4. The summed E-state index contributed by atoms with van der Waals surface area (Å²) in [4.78, 5) is 11.5. The highest BCUT2D eigenvalue weighted by Crippen LogP contribution is 2.33. The Labute approximate surface area is 171 Å². The highest BCUT2D eigenvalue weighted by Gasteiger charge is 2.44. The zero-order chi connectivity index (χ0) is 21.1. The van der Waals surface area contributed by atoms with E-state index in [1.54, 1.807) is 42.5 Å². The molecule has 0 bridgehead atoms. The Hall–Kier alpha value is -2.20. The number of ether oxygens (including phenoxy) is 3. The van der Waals surface area contributed by atoms with E-state index in [4.69, 9.17) is 21.1 Å². The number of carbonyl (C=O) groups is 1. The van der Waals surface area contributed by atoms with Gasteiger partial charge in [0.05, 0.1) is 24.3 Å². The molecule has 4 N–H and O–H groups in total. The Kier molecular flexibility index (Phi) is 6.74. The van der Waals surface area contributed by atoms with Crippen molar-refractivity contribution in [2.75, 3.05) is 13.7 Å². The predicted octanol–water partition coefficient (Wildman–Crippen LogP) is 0.972. The maximum Gasteiger partial charge on any atom is 0.337 e. The summed E-state index contributed by atoms with van der Waals surface area (Å²) in [5.74, 6) is -0.246. The average molecular weight is 425 g/mol. The number of aliphatic hydroxyl groups is 4. The Morgan fingerprint density at radius 3 is 2.28 bits per heavy atom. The third-order valence-corrected chi connectivity index (χ3v) is 4.96. The van der Waals surface area contributed by atoms with Crippen LogP contribution >= 0.6 is 11.6 Å². The zero-order valence-corrected chi connectivity index (χ0v) is 16.2. The Balaban J connectivity index is 1.77. The van der Waals surface area contributed by atoms with E-state index in [1.165, 1.54) is 7.11 Å². The van der Waals surface area contributed by atoms with Gasteiger partial charge in [-0.15, -0.1) is 0 Å². The van der Waals surface area contributed by atoms with Crippen LogP contribution in [0.2, 0.25) is 5.02 Å². The van der Waals surface area contributed by atoms with Crippen molar-refractivity contribution in [1.29, 1.82) is 0 Å². The molecule has 0 saturated carbocycles. The summed E-state index contributed by atoms with van der Waals surface area (Å²) >= 11 is 6.29. The van der Waals surface area contributed by atoms with Gasteiger partial charge < -0.3 is 34.6 Å². The molecular weight excluding hydrogens is 404 g/mol. The summed E-state index contributed by atoms with van der Waals surface area (Å²) in [7, 11) is 1.31. The van der Waals surface area contributed by atoms with Crippen LogP contribution in [0.15, 0.2) is 42.5 Å². The number of aliphatic hydroxyl groups excluding tert-OH is 4. The van der Waals surface area contributed by atoms with Crippen LogP contribution in [0.4, 0.5) is 0 Å². The molecule has 1 aliphatic heterocycles. The van der Waals surface area contributed by atoms with Gasteiger partial charge >= 0.3 is 5.97 Å². The van der Waals surface area contributed by atoms with Crippen LogP contribution in [0.25, 0.3) is 11.1 Å². The van der Waals surface area contributed by atoms with E-state index in [1.807, 2.05) is 0 Å². The number of halogens is 1. The van der Waals surface area contributed by atoms with Crippen LogP contribution in [0.1, 0.15) is 10.4 Å². The van der Waals surface area contributed by atoms with Crippen molar-refractivity contribution in [3.63, 3.8) is 0 Å². The van der Waals surface area contributed by atoms with Gasteiger partial charge in [-0.1, -0.05) is 29.8 Å². The van der Waals surface area contributed by atoms with Crippen LogP contribution in [-0.2, 0) is 9.47 Å². The fourth-order valence-electron chi connectivity index (χ4n) is 2.98. The van der Waals surface area contributed by atoms with Crippen LogP contribution in [-0.4, -0.2) is 70.8 Å². The van der Waals surface area contributed by atoms with Crippen LogP contribution in [0, 0.1) is 0 Å². The largest absolute Gasteiger partial charge is 0.465 e. The molecule has 0 radical (unpaired) electrons. The van der Waals surface area contributed by atoms with Crippen molar-refractivity contribution in [3.05, 3.63) is 53.1 Å². The molecule has 0 amide bonds. The van der Waals surface area contributed by atoms with E-state index in [0.29, 0.717) is 5.56 Å². The highest BCUT2D eigenvalue weighted by atomic mass is 35.5. The van der Waals surface area contributed by atoms with Gasteiger partial charge in [-0.25, -0.2) is 4.79 Å². The minimum atomic E-state index is -1.54. The lowest BCUT2D eigenvalue weighted by molar-refractivity contribution is -0.277. The smallest absolute Gasteiger partial charge is 0.337 e. The zero-order valence-electron chi connectivity index (χ0n) is 15.4. The summed E-state index contributed by atoms with van der Waals surface area (Å²) in [5, 5.41) is 39.2. The molecule has 5 unspecified atom stereocenters. The van der Waals surface area contributed by atoms with Crippen molar-refractivity contribution >= 4 is 17.6 Å². The molecule has 1 heterocycles. The molecule has 156 valence electrons. The maximum absolute atomic E-state index is 11.5. The monoisotopic (exact) mass is 424 g/mol. The number of benzene rings is 2. The standard InChI is InChI=1S/C20H21ClO8/c1-27-19(26)11-4-2-10(3-5-11)12-6-7-14(13(21)8-12)28-20-18(25)17(24)16(23)15(9-22)29-20/h2-8,15-18,20,22-25H,9H2,1H3. The van der Waals surface area contributed by atoms with Crippen molar-refractivity contribution in [2.24, 2.45) is 0 Å². The molecule has 2 aromatic carbocycles. The first-order valence-corrected chi connectivity index (χ1v) is 9.19. The molecule has 0 aromatic heterocycles. The van der Waals surface area contributed by atoms with Crippen LogP contribution in [0.3, 0.4) is 0 Å². The van der Waals surface area contributed by atoms with Gasteiger partial charge in [0, 0.05) is 0 Å². The van der Waals surface area contributed by atoms with E-state index < -0.39 is 43.3 Å². The lowest BCUT2D eigenvalue weighted by atomic mass is 9.99. The number of carbonyl (C=O) groups excluding carboxylic acids is 1. The van der Waals surface area contributed by atoms with E-state index in [9.17, 15) is 25.2 Å². The molecule has 1 saturated heterocycles. The number of esters is 1. The summed E-state index contributed by atoms with van der Waals surface area (Å²) in [6.45, 7) is -0.557. The first kappa shape index (κ1) is 21.5. The summed E-state index contributed by atoms with van der Waals surface area (Å²) in [6.07, 6.45) is -6.95. The van der Waals surface area contributed by atoms with E-state index >= 15 is 0 Å². The molecule has 9 heteroatoms.